The first-order valence-corrected chi connectivity index (χ1v) is 3.90. The van der Waals surface area contributed by atoms with E-state index in [9.17, 15) is 8.78 Å². The van der Waals surface area contributed by atoms with Gasteiger partial charge in [-0.1, -0.05) is 6.07 Å². The molecule has 1 unspecified atom stereocenters. The molecule has 0 radical (unpaired) electrons. The van der Waals surface area contributed by atoms with Crippen LogP contribution in [0.2, 0.25) is 0 Å². The normalized spacial score (nSPS) is 20.3. The summed E-state index contributed by atoms with van der Waals surface area (Å²) in [6.45, 7) is 0.195. The Morgan fingerprint density at radius 3 is 3.08 bits per heavy atom. The first-order valence-electron chi connectivity index (χ1n) is 3.90. The Morgan fingerprint density at radius 1 is 1.50 bits per heavy atom. The number of rotatable bonds is 1. The topological polar surface area (TPSA) is 12.0 Å². The smallest absolute Gasteiger partial charge is 0.125 e. The summed E-state index contributed by atoms with van der Waals surface area (Å²) in [5, 5.41) is 2.96. The predicted molar refractivity (Wildman–Crippen MR) is 43.6 cm³/mol. The fraction of sp³-hybridized carbons (Fsp3) is 0.333. The van der Waals surface area contributed by atoms with Crippen LogP contribution in [-0.2, 0) is 0 Å². The van der Waals surface area contributed by atoms with E-state index >= 15 is 0 Å². The van der Waals surface area contributed by atoms with Gasteiger partial charge in [-0.25, -0.2) is 4.39 Å². The third-order valence-corrected chi connectivity index (χ3v) is 2.18. The first-order chi connectivity index (χ1) is 5.81. The van der Waals surface area contributed by atoms with Gasteiger partial charge in [-0.2, -0.15) is 0 Å². The van der Waals surface area contributed by atoms with E-state index in [1.807, 2.05) is 0 Å². The van der Waals surface area contributed by atoms with E-state index in [1.165, 1.54) is 12.1 Å². The molecule has 0 saturated heterocycles. The summed E-state index contributed by atoms with van der Waals surface area (Å²) in [7, 11) is 0. The summed E-state index contributed by atoms with van der Waals surface area (Å²) < 4.78 is 25.0. The molecule has 0 aliphatic carbocycles. The van der Waals surface area contributed by atoms with E-state index in [4.69, 9.17) is 0 Å². The number of halogens is 2. The molecular formula is C9H9F2N. The average molecular weight is 169 g/mol. The second kappa shape index (κ2) is 2.73. The van der Waals surface area contributed by atoms with Gasteiger partial charge in [0, 0.05) is 18.2 Å². The van der Waals surface area contributed by atoms with Crippen molar-refractivity contribution in [3.63, 3.8) is 0 Å². The number of hydrogen-bond acceptors (Lipinski definition) is 1. The van der Waals surface area contributed by atoms with Crippen molar-refractivity contribution in [3.8, 4) is 0 Å². The Hall–Kier alpha value is -1.12. The molecule has 1 aromatic carbocycles. The fourth-order valence-electron chi connectivity index (χ4n) is 1.52. The minimum atomic E-state index is -0.383. The van der Waals surface area contributed by atoms with Crippen LogP contribution >= 0.6 is 0 Å². The highest BCUT2D eigenvalue weighted by Gasteiger charge is 2.21. The highest BCUT2D eigenvalue weighted by atomic mass is 19.1. The summed E-state index contributed by atoms with van der Waals surface area (Å²) in [4.78, 5) is 0. The van der Waals surface area contributed by atoms with Crippen LogP contribution in [0, 0.1) is 5.82 Å². The van der Waals surface area contributed by atoms with Crippen LogP contribution in [0.4, 0.5) is 14.5 Å². The van der Waals surface area contributed by atoms with Crippen molar-refractivity contribution in [2.75, 3.05) is 18.5 Å². The van der Waals surface area contributed by atoms with Crippen molar-refractivity contribution >= 4 is 5.69 Å². The van der Waals surface area contributed by atoms with Crippen LogP contribution in [0.5, 0.6) is 0 Å². The molecule has 0 bridgehead atoms. The van der Waals surface area contributed by atoms with Crippen molar-refractivity contribution in [1.29, 1.82) is 0 Å². The maximum Gasteiger partial charge on any atom is 0.125 e. The molecule has 0 amide bonds. The van der Waals surface area contributed by atoms with Crippen LogP contribution in [0.1, 0.15) is 11.5 Å². The van der Waals surface area contributed by atoms with Crippen molar-refractivity contribution in [2.45, 2.75) is 5.92 Å². The molecule has 64 valence electrons. The molecule has 1 aromatic rings. The lowest BCUT2D eigenvalue weighted by Crippen LogP contribution is -2.02. The third kappa shape index (κ3) is 1.05. The van der Waals surface area contributed by atoms with Crippen LogP contribution in [0.15, 0.2) is 18.2 Å². The van der Waals surface area contributed by atoms with Gasteiger partial charge in [-0.05, 0) is 17.7 Å². The minimum Gasteiger partial charge on any atom is -0.384 e. The molecule has 1 atom stereocenters. The van der Waals surface area contributed by atoms with Crippen LogP contribution in [0.3, 0.4) is 0 Å². The molecule has 1 nitrogen and oxygen atoms in total. The quantitative estimate of drug-likeness (QED) is 0.680. The van der Waals surface area contributed by atoms with Crippen LogP contribution in [0.25, 0.3) is 0 Å². The van der Waals surface area contributed by atoms with Gasteiger partial charge in [-0.3, -0.25) is 4.39 Å². The highest BCUT2D eigenvalue weighted by Crippen LogP contribution is 2.31. The Labute approximate surface area is 69.4 Å². The van der Waals surface area contributed by atoms with Gasteiger partial charge in [0.05, 0.1) is 6.67 Å². The number of alkyl halides is 1. The lowest BCUT2D eigenvalue weighted by molar-refractivity contribution is 0.446. The lowest BCUT2D eigenvalue weighted by atomic mass is 10.0. The molecular weight excluding hydrogens is 160 g/mol. The number of fused-ring (bicyclic) bond motifs is 1. The summed E-state index contributed by atoms with van der Waals surface area (Å²) in [5.41, 5.74) is 1.62. The zero-order valence-corrected chi connectivity index (χ0v) is 6.48. The molecule has 1 heterocycles. The highest BCUT2D eigenvalue weighted by molar-refractivity contribution is 5.57. The summed E-state index contributed by atoms with van der Waals surface area (Å²) >= 11 is 0. The summed E-state index contributed by atoms with van der Waals surface area (Å²) in [6.07, 6.45) is 0. The summed E-state index contributed by atoms with van der Waals surface area (Å²) in [5.74, 6) is -0.374. The van der Waals surface area contributed by atoms with Gasteiger partial charge in [0.25, 0.3) is 0 Å². The number of nitrogens with one attached hydrogen (secondary N) is 1. The van der Waals surface area contributed by atoms with Crippen molar-refractivity contribution in [3.05, 3.63) is 29.6 Å². The number of hydrogen-bond donors (Lipinski definition) is 1. The SMILES string of the molecule is FCC1CNc2cc(F)ccc21. The van der Waals surface area contributed by atoms with Gasteiger partial charge >= 0.3 is 0 Å². The zero-order valence-electron chi connectivity index (χ0n) is 6.48. The zero-order chi connectivity index (χ0) is 8.55. The molecule has 3 heteroatoms. The lowest BCUT2D eigenvalue weighted by Gasteiger charge is -2.02. The van der Waals surface area contributed by atoms with Crippen molar-refractivity contribution in [2.24, 2.45) is 0 Å². The Morgan fingerprint density at radius 2 is 2.33 bits per heavy atom. The van der Waals surface area contributed by atoms with Crippen molar-refractivity contribution < 1.29 is 8.78 Å². The average Bonchev–Trinajstić information content (AvgIpc) is 2.46. The molecule has 0 aromatic heterocycles. The second-order valence-electron chi connectivity index (χ2n) is 2.96. The maximum absolute atomic E-state index is 12.7. The first kappa shape index (κ1) is 7.53. The van der Waals surface area contributed by atoms with Gasteiger partial charge < -0.3 is 5.32 Å². The van der Waals surface area contributed by atoms with E-state index in [2.05, 4.69) is 5.32 Å². The second-order valence-corrected chi connectivity index (χ2v) is 2.96. The van der Waals surface area contributed by atoms with Crippen LogP contribution < -0.4 is 5.32 Å². The molecule has 12 heavy (non-hydrogen) atoms. The molecule has 0 fully saturated rings. The summed E-state index contributed by atoms with van der Waals surface area (Å²) in [6, 6.07) is 4.42. The molecule has 1 aliphatic heterocycles. The maximum atomic E-state index is 12.7. The minimum absolute atomic E-state index is 0.0967. The molecule has 0 spiro atoms. The van der Waals surface area contributed by atoms with Gasteiger partial charge in [0.2, 0.25) is 0 Å². The van der Waals surface area contributed by atoms with E-state index in [0.29, 0.717) is 6.54 Å². The van der Waals surface area contributed by atoms with E-state index in [0.717, 1.165) is 11.3 Å². The molecule has 1 aliphatic rings. The van der Waals surface area contributed by atoms with Crippen molar-refractivity contribution in [1.82, 2.24) is 0 Å². The standard InChI is InChI=1S/C9H9F2N/c10-4-6-5-12-9-3-7(11)1-2-8(6)9/h1-3,6,12H,4-5H2. The Kier molecular flexibility index (Phi) is 1.71. The predicted octanol–water partition coefficient (Wildman–Crippen LogP) is 2.30. The van der Waals surface area contributed by atoms with E-state index in [-0.39, 0.29) is 18.4 Å². The van der Waals surface area contributed by atoms with E-state index in [1.54, 1.807) is 6.07 Å². The monoisotopic (exact) mass is 169 g/mol. The Bertz CT molecular complexity index is 299. The number of anilines is 1. The third-order valence-electron chi connectivity index (χ3n) is 2.18. The van der Waals surface area contributed by atoms with Gasteiger partial charge in [0.1, 0.15) is 5.82 Å². The van der Waals surface area contributed by atoms with E-state index < -0.39 is 0 Å². The molecule has 2 rings (SSSR count). The Balaban J connectivity index is 2.40. The largest absolute Gasteiger partial charge is 0.384 e. The van der Waals surface area contributed by atoms with Gasteiger partial charge in [0.15, 0.2) is 0 Å². The van der Waals surface area contributed by atoms with Gasteiger partial charge in [-0.15, -0.1) is 0 Å². The number of benzene rings is 1. The fourth-order valence-corrected chi connectivity index (χ4v) is 1.52. The van der Waals surface area contributed by atoms with Crippen LogP contribution in [-0.4, -0.2) is 13.2 Å². The molecule has 1 N–H and O–H groups in total. The molecule has 0 saturated carbocycles.